The summed E-state index contributed by atoms with van der Waals surface area (Å²) in [5, 5.41) is 0. The van der Waals surface area contributed by atoms with Crippen molar-refractivity contribution in [1.82, 2.24) is 14.5 Å². The molecule has 15 heavy (non-hydrogen) atoms. The third-order valence-corrected chi connectivity index (χ3v) is 3.77. The molecule has 0 aromatic carbocycles. The highest BCUT2D eigenvalue weighted by atomic mass is 79.9. The predicted octanol–water partition coefficient (Wildman–Crippen LogP) is 1.82. The van der Waals surface area contributed by atoms with Crippen LogP contribution in [-0.2, 0) is 13.5 Å². The van der Waals surface area contributed by atoms with Crippen molar-refractivity contribution in [3.8, 4) is 0 Å². The molecule has 1 saturated heterocycles. The molecule has 1 aromatic heterocycles. The summed E-state index contributed by atoms with van der Waals surface area (Å²) in [5.41, 5.74) is 0. The molecule has 0 radical (unpaired) electrons. The number of imidazole rings is 1. The monoisotopic (exact) mass is 271 g/mol. The van der Waals surface area contributed by atoms with Gasteiger partial charge in [-0.3, -0.25) is 0 Å². The van der Waals surface area contributed by atoms with Gasteiger partial charge in [0.2, 0.25) is 0 Å². The van der Waals surface area contributed by atoms with E-state index in [2.05, 4.69) is 37.4 Å². The minimum atomic E-state index is 0.688. The first-order chi connectivity index (χ1) is 7.25. The highest BCUT2D eigenvalue weighted by Crippen LogP contribution is 2.16. The van der Waals surface area contributed by atoms with Gasteiger partial charge in [-0.1, -0.05) is 15.9 Å². The van der Waals surface area contributed by atoms with Crippen LogP contribution in [-0.4, -0.2) is 38.9 Å². The van der Waals surface area contributed by atoms with E-state index in [1.54, 1.807) is 0 Å². The average molecular weight is 272 g/mol. The zero-order chi connectivity index (χ0) is 10.7. The van der Waals surface area contributed by atoms with Crippen LogP contribution in [0, 0.1) is 0 Å². The van der Waals surface area contributed by atoms with Crippen molar-refractivity contribution in [2.45, 2.75) is 24.1 Å². The summed E-state index contributed by atoms with van der Waals surface area (Å²) in [5.74, 6) is 1.19. The maximum atomic E-state index is 4.34. The number of nitrogens with zero attached hydrogens (tertiary/aromatic N) is 3. The Morgan fingerprint density at radius 1 is 1.60 bits per heavy atom. The van der Waals surface area contributed by atoms with E-state index < -0.39 is 0 Å². The molecule has 0 spiro atoms. The van der Waals surface area contributed by atoms with Crippen LogP contribution in [0.1, 0.15) is 18.7 Å². The largest absolute Gasteiger partial charge is 0.338 e. The molecule has 2 heterocycles. The molecule has 1 fully saturated rings. The molecular formula is C11H18BrN3. The van der Waals surface area contributed by atoms with E-state index in [-0.39, 0.29) is 0 Å². The average Bonchev–Trinajstić information content (AvgIpc) is 2.61. The summed E-state index contributed by atoms with van der Waals surface area (Å²) < 4.78 is 2.11. The Hall–Kier alpha value is -0.350. The standard InChI is InChI=1S/C11H18BrN3/c1-14-8-5-13-11(14)4-7-15-6-2-3-10(12)9-15/h5,8,10H,2-4,6-7,9H2,1H3. The predicted molar refractivity (Wildman–Crippen MR) is 65.3 cm³/mol. The molecule has 1 unspecified atom stereocenters. The second kappa shape index (κ2) is 5.12. The van der Waals surface area contributed by atoms with Crippen molar-refractivity contribution in [3.05, 3.63) is 18.2 Å². The molecule has 1 aliphatic rings. The van der Waals surface area contributed by atoms with Crippen molar-refractivity contribution in [2.75, 3.05) is 19.6 Å². The number of aromatic nitrogens is 2. The summed E-state index contributed by atoms with van der Waals surface area (Å²) in [6.07, 6.45) is 7.58. The van der Waals surface area contributed by atoms with Gasteiger partial charge in [0.15, 0.2) is 0 Å². The third-order valence-electron chi connectivity index (χ3n) is 3.02. The molecule has 0 N–H and O–H groups in total. The molecule has 84 valence electrons. The number of likely N-dealkylation sites (tertiary alicyclic amines) is 1. The fraction of sp³-hybridized carbons (Fsp3) is 0.727. The van der Waals surface area contributed by atoms with Crippen molar-refractivity contribution in [1.29, 1.82) is 0 Å². The van der Waals surface area contributed by atoms with Crippen LogP contribution in [0.15, 0.2) is 12.4 Å². The number of halogens is 1. The molecule has 4 heteroatoms. The Morgan fingerprint density at radius 2 is 2.47 bits per heavy atom. The molecule has 0 bridgehead atoms. The topological polar surface area (TPSA) is 21.1 Å². The number of alkyl halides is 1. The fourth-order valence-corrected chi connectivity index (χ4v) is 2.83. The van der Waals surface area contributed by atoms with E-state index in [4.69, 9.17) is 0 Å². The van der Waals surface area contributed by atoms with Gasteiger partial charge in [0.25, 0.3) is 0 Å². The lowest BCUT2D eigenvalue weighted by Crippen LogP contribution is -2.37. The molecule has 1 aliphatic heterocycles. The van der Waals surface area contributed by atoms with Crippen molar-refractivity contribution >= 4 is 15.9 Å². The zero-order valence-corrected chi connectivity index (χ0v) is 10.8. The highest BCUT2D eigenvalue weighted by molar-refractivity contribution is 9.09. The maximum Gasteiger partial charge on any atom is 0.109 e. The van der Waals surface area contributed by atoms with E-state index in [0.717, 1.165) is 13.0 Å². The van der Waals surface area contributed by atoms with Gasteiger partial charge in [0, 0.05) is 43.8 Å². The van der Waals surface area contributed by atoms with Crippen LogP contribution in [0.2, 0.25) is 0 Å². The molecule has 0 saturated carbocycles. The van der Waals surface area contributed by atoms with Crippen LogP contribution in [0.3, 0.4) is 0 Å². The molecule has 1 atom stereocenters. The summed E-state index contributed by atoms with van der Waals surface area (Å²) in [7, 11) is 2.06. The zero-order valence-electron chi connectivity index (χ0n) is 9.19. The van der Waals surface area contributed by atoms with Gasteiger partial charge in [-0.25, -0.2) is 4.98 Å². The molecule has 1 aromatic rings. The van der Waals surface area contributed by atoms with E-state index >= 15 is 0 Å². The second-order valence-electron chi connectivity index (χ2n) is 4.24. The van der Waals surface area contributed by atoms with Crippen molar-refractivity contribution < 1.29 is 0 Å². The lowest BCUT2D eigenvalue weighted by molar-refractivity contribution is 0.236. The number of aryl methyl sites for hydroxylation is 1. The summed E-state index contributed by atoms with van der Waals surface area (Å²) in [6.45, 7) is 3.56. The van der Waals surface area contributed by atoms with Gasteiger partial charge in [-0.15, -0.1) is 0 Å². The minimum absolute atomic E-state index is 0.688. The highest BCUT2D eigenvalue weighted by Gasteiger charge is 2.17. The van der Waals surface area contributed by atoms with Crippen LogP contribution in [0.25, 0.3) is 0 Å². The minimum Gasteiger partial charge on any atom is -0.338 e. The lowest BCUT2D eigenvalue weighted by Gasteiger charge is -2.29. The van der Waals surface area contributed by atoms with Crippen LogP contribution in [0.4, 0.5) is 0 Å². The summed E-state index contributed by atoms with van der Waals surface area (Å²) in [6, 6.07) is 0. The molecule has 0 aliphatic carbocycles. The first-order valence-corrected chi connectivity index (χ1v) is 6.50. The first-order valence-electron chi connectivity index (χ1n) is 5.58. The van der Waals surface area contributed by atoms with Crippen molar-refractivity contribution in [2.24, 2.45) is 7.05 Å². The van der Waals surface area contributed by atoms with Gasteiger partial charge in [0.05, 0.1) is 0 Å². The Bertz CT molecular complexity index is 311. The smallest absolute Gasteiger partial charge is 0.109 e. The van der Waals surface area contributed by atoms with Gasteiger partial charge in [0.1, 0.15) is 5.82 Å². The second-order valence-corrected chi connectivity index (χ2v) is 5.54. The Morgan fingerprint density at radius 3 is 3.13 bits per heavy atom. The number of hydrogen-bond acceptors (Lipinski definition) is 2. The number of hydrogen-bond donors (Lipinski definition) is 0. The van der Waals surface area contributed by atoms with E-state index in [1.807, 2.05) is 12.4 Å². The molecule has 2 rings (SSSR count). The van der Waals surface area contributed by atoms with Gasteiger partial charge >= 0.3 is 0 Å². The third kappa shape index (κ3) is 3.05. The first kappa shape index (κ1) is 11.1. The van der Waals surface area contributed by atoms with Crippen LogP contribution in [0.5, 0.6) is 0 Å². The number of rotatable bonds is 3. The van der Waals surface area contributed by atoms with E-state index in [1.165, 1.54) is 31.8 Å². The normalized spacial score (nSPS) is 23.2. The van der Waals surface area contributed by atoms with Gasteiger partial charge in [-0.2, -0.15) is 0 Å². The summed E-state index contributed by atoms with van der Waals surface area (Å²) >= 11 is 3.70. The van der Waals surface area contributed by atoms with Gasteiger partial charge in [-0.05, 0) is 19.4 Å². The van der Waals surface area contributed by atoms with Crippen LogP contribution < -0.4 is 0 Å². The Balaban J connectivity index is 1.80. The Kier molecular flexibility index (Phi) is 3.81. The van der Waals surface area contributed by atoms with E-state index in [0.29, 0.717) is 4.83 Å². The molecule has 3 nitrogen and oxygen atoms in total. The molecular weight excluding hydrogens is 254 g/mol. The maximum absolute atomic E-state index is 4.34. The van der Waals surface area contributed by atoms with Crippen molar-refractivity contribution in [3.63, 3.8) is 0 Å². The SMILES string of the molecule is Cn1ccnc1CCN1CCCC(Br)C1. The lowest BCUT2D eigenvalue weighted by atomic mass is 10.1. The summed E-state index contributed by atoms with van der Waals surface area (Å²) in [4.78, 5) is 7.56. The van der Waals surface area contributed by atoms with E-state index in [9.17, 15) is 0 Å². The fourth-order valence-electron chi connectivity index (χ4n) is 2.10. The number of piperidine rings is 1. The van der Waals surface area contributed by atoms with Gasteiger partial charge < -0.3 is 9.47 Å². The molecule has 0 amide bonds. The quantitative estimate of drug-likeness (QED) is 0.783. The van der Waals surface area contributed by atoms with Crippen LogP contribution >= 0.6 is 15.9 Å². The Labute approximate surface area is 99.6 Å².